The van der Waals surface area contributed by atoms with Gasteiger partial charge in [-0.2, -0.15) is 0 Å². The molecular formula is C8H18FNO. The van der Waals surface area contributed by atoms with Gasteiger partial charge in [-0.05, 0) is 13.5 Å². The predicted molar refractivity (Wildman–Crippen MR) is 44.6 cm³/mol. The van der Waals surface area contributed by atoms with Gasteiger partial charge in [-0.15, -0.1) is 0 Å². The van der Waals surface area contributed by atoms with Gasteiger partial charge in [0, 0.05) is 19.7 Å². The Hall–Kier alpha value is -0.150. The first kappa shape index (κ1) is 10.8. The topological polar surface area (TPSA) is 12.5 Å². The highest BCUT2D eigenvalue weighted by molar-refractivity contribution is 4.64. The van der Waals surface area contributed by atoms with Crippen LogP contribution in [0.3, 0.4) is 0 Å². The number of likely N-dealkylation sites (N-methyl/N-ethyl adjacent to an activating group) is 1. The minimum atomic E-state index is -0.276. The van der Waals surface area contributed by atoms with Crippen LogP contribution in [0.4, 0.5) is 4.39 Å². The van der Waals surface area contributed by atoms with Gasteiger partial charge in [0.05, 0.1) is 6.61 Å². The number of hydrogen-bond acceptors (Lipinski definition) is 2. The van der Waals surface area contributed by atoms with Crippen LogP contribution < -0.4 is 0 Å². The molecule has 0 saturated carbocycles. The Morgan fingerprint density at radius 1 is 1.55 bits per heavy atom. The molecule has 68 valence electrons. The van der Waals surface area contributed by atoms with Crippen LogP contribution in [0.1, 0.15) is 13.8 Å². The van der Waals surface area contributed by atoms with Crippen molar-refractivity contribution in [2.45, 2.75) is 19.9 Å². The number of alkyl halides is 1. The smallest absolute Gasteiger partial charge is 0.102 e. The molecule has 0 amide bonds. The number of rotatable bonds is 6. The Labute approximate surface area is 68.3 Å². The first-order valence-corrected chi connectivity index (χ1v) is 4.05. The molecule has 0 spiro atoms. The molecule has 0 N–H and O–H groups in total. The van der Waals surface area contributed by atoms with E-state index in [2.05, 4.69) is 4.90 Å². The second-order valence-corrected chi connectivity index (χ2v) is 2.62. The van der Waals surface area contributed by atoms with Crippen LogP contribution in [0, 0.1) is 0 Å². The monoisotopic (exact) mass is 163 g/mol. The van der Waals surface area contributed by atoms with Crippen LogP contribution in [-0.4, -0.2) is 44.4 Å². The molecule has 0 aromatic carbocycles. The second-order valence-electron chi connectivity index (χ2n) is 2.62. The number of halogens is 1. The minimum Gasteiger partial charge on any atom is -0.383 e. The van der Waals surface area contributed by atoms with Gasteiger partial charge in [0.25, 0.3) is 0 Å². The van der Waals surface area contributed by atoms with Gasteiger partial charge >= 0.3 is 0 Å². The molecule has 11 heavy (non-hydrogen) atoms. The van der Waals surface area contributed by atoms with Crippen molar-refractivity contribution in [2.75, 3.05) is 33.5 Å². The summed E-state index contributed by atoms with van der Waals surface area (Å²) in [5.74, 6) is 0. The van der Waals surface area contributed by atoms with E-state index in [0.717, 1.165) is 6.54 Å². The highest BCUT2D eigenvalue weighted by Gasteiger charge is 2.10. The Bertz CT molecular complexity index is 90.2. The van der Waals surface area contributed by atoms with Gasteiger partial charge in [-0.1, -0.05) is 6.92 Å². The van der Waals surface area contributed by atoms with Crippen molar-refractivity contribution < 1.29 is 9.13 Å². The molecule has 0 fully saturated rings. The maximum absolute atomic E-state index is 11.9. The zero-order chi connectivity index (χ0) is 8.69. The van der Waals surface area contributed by atoms with Crippen molar-refractivity contribution in [3.05, 3.63) is 0 Å². The number of methoxy groups -OCH3 is 1. The maximum Gasteiger partial charge on any atom is 0.102 e. The fourth-order valence-corrected chi connectivity index (χ4v) is 1.15. The van der Waals surface area contributed by atoms with E-state index in [0.29, 0.717) is 19.2 Å². The summed E-state index contributed by atoms with van der Waals surface area (Å²) in [6, 6.07) is 0.320. The zero-order valence-electron chi connectivity index (χ0n) is 7.64. The number of ether oxygens (including phenoxy) is 1. The lowest BCUT2D eigenvalue weighted by Crippen LogP contribution is -2.37. The molecule has 0 heterocycles. The average Bonchev–Trinajstić information content (AvgIpc) is 2.00. The van der Waals surface area contributed by atoms with Crippen LogP contribution in [-0.2, 0) is 4.74 Å². The summed E-state index contributed by atoms with van der Waals surface area (Å²) in [6.45, 7) is 5.87. The zero-order valence-corrected chi connectivity index (χ0v) is 7.64. The first-order valence-electron chi connectivity index (χ1n) is 4.05. The van der Waals surface area contributed by atoms with Gasteiger partial charge < -0.3 is 4.74 Å². The molecule has 3 heteroatoms. The van der Waals surface area contributed by atoms with E-state index < -0.39 is 0 Å². The second kappa shape index (κ2) is 6.55. The molecule has 0 aromatic heterocycles. The van der Waals surface area contributed by atoms with Gasteiger partial charge in [0.2, 0.25) is 0 Å². The van der Waals surface area contributed by atoms with Gasteiger partial charge in [0.1, 0.15) is 6.67 Å². The lowest BCUT2D eigenvalue weighted by atomic mass is 10.3. The fourth-order valence-electron chi connectivity index (χ4n) is 1.15. The van der Waals surface area contributed by atoms with Crippen molar-refractivity contribution in [1.82, 2.24) is 4.90 Å². The van der Waals surface area contributed by atoms with Crippen molar-refractivity contribution in [2.24, 2.45) is 0 Å². The van der Waals surface area contributed by atoms with Crippen molar-refractivity contribution in [3.8, 4) is 0 Å². The minimum absolute atomic E-state index is 0.276. The van der Waals surface area contributed by atoms with Gasteiger partial charge in [0.15, 0.2) is 0 Å². The lowest BCUT2D eigenvalue weighted by Gasteiger charge is -2.25. The summed E-state index contributed by atoms with van der Waals surface area (Å²) in [6.07, 6.45) is 0. The summed E-state index contributed by atoms with van der Waals surface area (Å²) in [4.78, 5) is 2.06. The van der Waals surface area contributed by atoms with Gasteiger partial charge in [-0.3, -0.25) is 4.90 Å². The number of hydrogen-bond donors (Lipinski definition) is 0. The molecule has 2 nitrogen and oxygen atoms in total. The van der Waals surface area contributed by atoms with E-state index in [9.17, 15) is 4.39 Å². The van der Waals surface area contributed by atoms with Crippen molar-refractivity contribution in [3.63, 3.8) is 0 Å². The van der Waals surface area contributed by atoms with E-state index in [1.54, 1.807) is 7.11 Å². The van der Waals surface area contributed by atoms with Gasteiger partial charge in [-0.25, -0.2) is 4.39 Å². The van der Waals surface area contributed by atoms with E-state index in [1.165, 1.54) is 0 Å². The third-order valence-corrected chi connectivity index (χ3v) is 1.81. The van der Waals surface area contributed by atoms with Crippen LogP contribution in [0.15, 0.2) is 0 Å². The third kappa shape index (κ3) is 4.32. The van der Waals surface area contributed by atoms with Crippen LogP contribution >= 0.6 is 0 Å². The highest BCUT2D eigenvalue weighted by Crippen LogP contribution is 1.98. The fraction of sp³-hybridized carbons (Fsp3) is 1.00. The molecule has 0 bridgehead atoms. The summed E-state index contributed by atoms with van der Waals surface area (Å²) in [5, 5.41) is 0. The molecular weight excluding hydrogens is 145 g/mol. The Kier molecular flexibility index (Phi) is 6.46. The van der Waals surface area contributed by atoms with E-state index in [-0.39, 0.29) is 6.67 Å². The number of nitrogens with zero attached hydrogens (tertiary/aromatic N) is 1. The standard InChI is InChI=1S/C8H18FNO/c1-4-10(6-5-9)8(2)7-11-3/h8H,4-7H2,1-3H3/t8-/m1/s1. The molecule has 1 atom stereocenters. The summed E-state index contributed by atoms with van der Waals surface area (Å²) in [5.41, 5.74) is 0. The predicted octanol–water partition coefficient (Wildman–Crippen LogP) is 1.31. The molecule has 0 aliphatic rings. The first-order chi connectivity index (χ1) is 5.26. The third-order valence-electron chi connectivity index (χ3n) is 1.81. The maximum atomic E-state index is 11.9. The van der Waals surface area contributed by atoms with Crippen LogP contribution in [0.5, 0.6) is 0 Å². The van der Waals surface area contributed by atoms with Crippen molar-refractivity contribution >= 4 is 0 Å². The summed E-state index contributed by atoms with van der Waals surface area (Å²) in [7, 11) is 1.67. The average molecular weight is 163 g/mol. The van der Waals surface area contributed by atoms with E-state index in [1.807, 2.05) is 13.8 Å². The Balaban J connectivity index is 3.61. The highest BCUT2D eigenvalue weighted by atomic mass is 19.1. The SMILES string of the molecule is CCN(CCF)[C@H](C)COC. The molecule has 0 aliphatic carbocycles. The largest absolute Gasteiger partial charge is 0.383 e. The summed E-state index contributed by atoms with van der Waals surface area (Å²) < 4.78 is 16.9. The quantitative estimate of drug-likeness (QED) is 0.585. The van der Waals surface area contributed by atoms with Crippen LogP contribution in [0.2, 0.25) is 0 Å². The molecule has 0 aliphatic heterocycles. The van der Waals surface area contributed by atoms with Crippen LogP contribution in [0.25, 0.3) is 0 Å². The van der Waals surface area contributed by atoms with Crippen molar-refractivity contribution in [1.29, 1.82) is 0 Å². The van der Waals surface area contributed by atoms with E-state index >= 15 is 0 Å². The molecule has 0 radical (unpaired) electrons. The normalized spacial score (nSPS) is 13.9. The molecule has 0 unspecified atom stereocenters. The lowest BCUT2D eigenvalue weighted by molar-refractivity contribution is 0.0983. The van der Waals surface area contributed by atoms with E-state index in [4.69, 9.17) is 4.74 Å². The molecule has 0 rings (SSSR count). The molecule has 0 saturated heterocycles. The molecule has 0 aromatic rings. The summed E-state index contributed by atoms with van der Waals surface area (Å²) >= 11 is 0. The Morgan fingerprint density at radius 3 is 2.55 bits per heavy atom. The Morgan fingerprint density at radius 2 is 2.18 bits per heavy atom.